The van der Waals surface area contributed by atoms with E-state index in [9.17, 15) is 0 Å². The normalized spacial score (nSPS) is 26.9. The maximum absolute atomic E-state index is 6.09. The van der Waals surface area contributed by atoms with Crippen molar-refractivity contribution in [1.29, 1.82) is 0 Å². The molecule has 3 heteroatoms. The number of nitrogens with one attached hydrogen (secondary N) is 1. The van der Waals surface area contributed by atoms with Crippen LogP contribution in [0.5, 0.6) is 0 Å². The van der Waals surface area contributed by atoms with Crippen LogP contribution in [0.3, 0.4) is 0 Å². The Hall–Kier alpha value is -0.800. The van der Waals surface area contributed by atoms with Gasteiger partial charge in [0.25, 0.3) is 0 Å². The molecule has 2 fully saturated rings. The molecule has 1 aliphatic carbocycles. The zero-order chi connectivity index (χ0) is 14.2. The number of ether oxygens (including phenoxy) is 1. The molecule has 2 unspecified atom stereocenters. The molecule has 3 nitrogen and oxygen atoms in total. The Labute approximate surface area is 122 Å². The Balaban J connectivity index is 1.61. The molecule has 112 valence electrons. The van der Waals surface area contributed by atoms with E-state index in [1.165, 1.54) is 31.2 Å². The third-order valence-corrected chi connectivity index (χ3v) is 4.62. The lowest BCUT2D eigenvalue weighted by Gasteiger charge is -2.19. The van der Waals surface area contributed by atoms with Gasteiger partial charge in [-0.05, 0) is 63.6 Å². The fourth-order valence-corrected chi connectivity index (χ4v) is 3.40. The first kappa shape index (κ1) is 14.2. The second-order valence-electron chi connectivity index (χ2n) is 7.05. The summed E-state index contributed by atoms with van der Waals surface area (Å²) in [6.45, 7) is 8.63. The molecule has 2 heterocycles. The highest BCUT2D eigenvalue weighted by atomic mass is 16.5. The van der Waals surface area contributed by atoms with Crippen LogP contribution in [0, 0.1) is 5.92 Å². The predicted molar refractivity (Wildman–Crippen MR) is 81.8 cm³/mol. The molecule has 2 atom stereocenters. The molecule has 3 rings (SSSR count). The summed E-state index contributed by atoms with van der Waals surface area (Å²) in [5.41, 5.74) is 1.52. The Kier molecular flexibility index (Phi) is 3.91. The van der Waals surface area contributed by atoms with E-state index in [-0.39, 0.29) is 5.60 Å². The zero-order valence-electron chi connectivity index (χ0n) is 13.1. The van der Waals surface area contributed by atoms with Crippen molar-refractivity contribution in [2.45, 2.75) is 70.7 Å². The Bertz CT molecular complexity index is 448. The first-order chi connectivity index (χ1) is 9.57. The van der Waals surface area contributed by atoms with E-state index < -0.39 is 0 Å². The third kappa shape index (κ3) is 3.26. The van der Waals surface area contributed by atoms with Crippen LogP contribution in [0.2, 0.25) is 0 Å². The van der Waals surface area contributed by atoms with Crippen molar-refractivity contribution in [3.63, 3.8) is 0 Å². The standard InChI is InChI=1S/C17H28N2O/c1-4-18-16(13-5-6-13)14-8-10-19(11-14)12-15-7-9-17(2,3)20-15/h8,10-11,13,15-16,18H,4-7,9,12H2,1-3H3. The van der Waals surface area contributed by atoms with Crippen LogP contribution in [-0.4, -0.2) is 22.8 Å². The van der Waals surface area contributed by atoms with Gasteiger partial charge in [-0.2, -0.15) is 0 Å². The monoisotopic (exact) mass is 276 g/mol. The molecule has 1 aromatic heterocycles. The van der Waals surface area contributed by atoms with Gasteiger partial charge in [-0.15, -0.1) is 0 Å². The lowest BCUT2D eigenvalue weighted by molar-refractivity contribution is -0.0216. The molecule has 1 aliphatic heterocycles. The van der Waals surface area contributed by atoms with Crippen LogP contribution in [-0.2, 0) is 11.3 Å². The summed E-state index contributed by atoms with van der Waals surface area (Å²) in [6, 6.07) is 2.84. The minimum atomic E-state index is 0.0704. The van der Waals surface area contributed by atoms with Crippen molar-refractivity contribution in [3.8, 4) is 0 Å². The quantitative estimate of drug-likeness (QED) is 0.860. The summed E-state index contributed by atoms with van der Waals surface area (Å²) in [4.78, 5) is 0. The highest BCUT2D eigenvalue weighted by molar-refractivity contribution is 5.18. The van der Waals surface area contributed by atoms with Crippen LogP contribution in [0.4, 0.5) is 0 Å². The van der Waals surface area contributed by atoms with E-state index in [2.05, 4.69) is 49.1 Å². The average Bonchev–Trinajstić information content (AvgIpc) is 3.04. The Morgan fingerprint density at radius 2 is 2.20 bits per heavy atom. The van der Waals surface area contributed by atoms with Crippen LogP contribution < -0.4 is 5.32 Å². The van der Waals surface area contributed by atoms with Gasteiger partial charge in [-0.3, -0.25) is 0 Å². The van der Waals surface area contributed by atoms with Crippen molar-refractivity contribution in [3.05, 3.63) is 24.0 Å². The minimum Gasteiger partial charge on any atom is -0.370 e. The number of aromatic nitrogens is 1. The second kappa shape index (κ2) is 5.53. The van der Waals surface area contributed by atoms with Gasteiger partial charge in [0.15, 0.2) is 0 Å². The molecule has 2 aliphatic rings. The molecule has 0 aromatic carbocycles. The average molecular weight is 276 g/mol. The van der Waals surface area contributed by atoms with E-state index in [1.54, 1.807) is 0 Å². The highest BCUT2D eigenvalue weighted by Crippen LogP contribution is 2.41. The molecular weight excluding hydrogens is 248 g/mol. The van der Waals surface area contributed by atoms with Gasteiger partial charge >= 0.3 is 0 Å². The molecule has 0 amide bonds. The highest BCUT2D eigenvalue weighted by Gasteiger charge is 2.33. The number of hydrogen-bond acceptors (Lipinski definition) is 2. The summed E-state index contributed by atoms with van der Waals surface area (Å²) in [5, 5.41) is 3.64. The molecule has 1 aromatic rings. The zero-order valence-corrected chi connectivity index (χ0v) is 13.1. The fourth-order valence-electron chi connectivity index (χ4n) is 3.40. The smallest absolute Gasteiger partial charge is 0.0762 e. The first-order valence-electron chi connectivity index (χ1n) is 8.14. The second-order valence-corrected chi connectivity index (χ2v) is 7.05. The van der Waals surface area contributed by atoms with Crippen LogP contribution in [0.25, 0.3) is 0 Å². The van der Waals surface area contributed by atoms with Gasteiger partial charge in [-0.1, -0.05) is 6.92 Å². The lowest BCUT2D eigenvalue weighted by atomic mass is 10.1. The van der Waals surface area contributed by atoms with Gasteiger partial charge in [0, 0.05) is 25.0 Å². The number of rotatable bonds is 6. The van der Waals surface area contributed by atoms with Crippen molar-refractivity contribution in [2.75, 3.05) is 6.54 Å². The molecule has 1 saturated heterocycles. The molecule has 0 bridgehead atoms. The maximum Gasteiger partial charge on any atom is 0.0762 e. The van der Waals surface area contributed by atoms with Crippen molar-refractivity contribution < 1.29 is 4.74 Å². The molecule has 20 heavy (non-hydrogen) atoms. The van der Waals surface area contributed by atoms with Gasteiger partial charge in [0.2, 0.25) is 0 Å². The Morgan fingerprint density at radius 1 is 1.40 bits per heavy atom. The van der Waals surface area contributed by atoms with Crippen molar-refractivity contribution in [1.82, 2.24) is 9.88 Å². The molecule has 0 spiro atoms. The van der Waals surface area contributed by atoms with Crippen molar-refractivity contribution >= 4 is 0 Å². The van der Waals surface area contributed by atoms with Crippen LogP contribution >= 0.6 is 0 Å². The third-order valence-electron chi connectivity index (χ3n) is 4.62. The SMILES string of the molecule is CCNC(c1ccn(CC2CCC(C)(C)O2)c1)C1CC1. The van der Waals surface area contributed by atoms with E-state index in [0.29, 0.717) is 12.1 Å². The summed E-state index contributed by atoms with van der Waals surface area (Å²) in [6.07, 6.45) is 10.0. The minimum absolute atomic E-state index is 0.0704. The first-order valence-corrected chi connectivity index (χ1v) is 8.14. The largest absolute Gasteiger partial charge is 0.370 e. The molecule has 1 saturated carbocycles. The fraction of sp³-hybridized carbons (Fsp3) is 0.765. The summed E-state index contributed by atoms with van der Waals surface area (Å²) >= 11 is 0. The van der Waals surface area contributed by atoms with E-state index >= 15 is 0 Å². The number of nitrogens with zero attached hydrogens (tertiary/aromatic N) is 1. The van der Waals surface area contributed by atoms with Gasteiger partial charge in [0.1, 0.15) is 0 Å². The van der Waals surface area contributed by atoms with E-state index in [4.69, 9.17) is 4.74 Å². The van der Waals surface area contributed by atoms with E-state index in [0.717, 1.165) is 19.0 Å². The molecule has 0 radical (unpaired) electrons. The summed E-state index contributed by atoms with van der Waals surface area (Å²) in [5.74, 6) is 0.854. The molecule has 1 N–H and O–H groups in total. The lowest BCUT2D eigenvalue weighted by Crippen LogP contribution is -2.23. The van der Waals surface area contributed by atoms with Gasteiger partial charge in [0.05, 0.1) is 11.7 Å². The topological polar surface area (TPSA) is 26.2 Å². The number of hydrogen-bond donors (Lipinski definition) is 1. The Morgan fingerprint density at radius 3 is 2.80 bits per heavy atom. The van der Waals surface area contributed by atoms with Crippen LogP contribution in [0.15, 0.2) is 18.5 Å². The van der Waals surface area contributed by atoms with Crippen LogP contribution in [0.1, 0.15) is 58.1 Å². The predicted octanol–water partition coefficient (Wildman–Crippen LogP) is 3.51. The van der Waals surface area contributed by atoms with Gasteiger partial charge in [-0.25, -0.2) is 0 Å². The van der Waals surface area contributed by atoms with E-state index in [1.807, 2.05) is 0 Å². The summed E-state index contributed by atoms with van der Waals surface area (Å²) < 4.78 is 8.41. The van der Waals surface area contributed by atoms with Crippen molar-refractivity contribution in [2.24, 2.45) is 5.92 Å². The molecular formula is C17H28N2O. The summed E-state index contributed by atoms with van der Waals surface area (Å²) in [7, 11) is 0. The maximum atomic E-state index is 6.09. The van der Waals surface area contributed by atoms with Gasteiger partial charge < -0.3 is 14.6 Å².